The molecule has 0 fully saturated rings. The highest BCUT2D eigenvalue weighted by molar-refractivity contribution is 7.21. The van der Waals surface area contributed by atoms with E-state index in [1.165, 1.54) is 11.3 Å². The molecule has 0 saturated heterocycles. The van der Waals surface area contributed by atoms with Crippen LogP contribution in [0.25, 0.3) is 21.3 Å². The van der Waals surface area contributed by atoms with Gasteiger partial charge in [-0.25, -0.2) is 4.63 Å². The van der Waals surface area contributed by atoms with Crippen LogP contribution in [0.1, 0.15) is 26.5 Å². The maximum Gasteiger partial charge on any atom is 0.263 e. The third kappa shape index (κ3) is 2.58. The van der Waals surface area contributed by atoms with E-state index >= 15 is 0 Å². The number of hydrogen-bond donors (Lipinski definition) is 2. The first-order valence-electron chi connectivity index (χ1n) is 7.56. The topological polar surface area (TPSA) is 120 Å². The van der Waals surface area contributed by atoms with Crippen molar-refractivity contribution in [1.29, 1.82) is 0 Å². The van der Waals surface area contributed by atoms with Gasteiger partial charge in [0.15, 0.2) is 0 Å². The van der Waals surface area contributed by atoms with Gasteiger partial charge in [-0.2, -0.15) is 5.10 Å². The molecule has 0 aliphatic heterocycles. The first kappa shape index (κ1) is 15.5. The van der Waals surface area contributed by atoms with Gasteiger partial charge in [0, 0.05) is 11.9 Å². The summed E-state index contributed by atoms with van der Waals surface area (Å²) in [5.41, 5.74) is 10.6. The van der Waals surface area contributed by atoms with Gasteiger partial charge in [-0.15, -0.1) is 16.4 Å². The molecule has 0 atom stereocenters. The number of carbonyl (C=O) groups is 1. The second-order valence-electron chi connectivity index (χ2n) is 5.71. The molecule has 3 heterocycles. The average molecular weight is 354 g/mol. The van der Waals surface area contributed by atoms with Crippen LogP contribution in [0.15, 0.2) is 22.8 Å². The molecule has 0 saturated carbocycles. The summed E-state index contributed by atoms with van der Waals surface area (Å²) >= 11 is 1.25. The normalized spacial score (nSPS) is 11.3. The van der Waals surface area contributed by atoms with Gasteiger partial charge in [-0.1, -0.05) is 6.07 Å². The molecule has 9 heteroatoms. The minimum atomic E-state index is -0.240. The van der Waals surface area contributed by atoms with E-state index in [1.54, 1.807) is 6.07 Å². The maximum atomic E-state index is 12.5. The molecule has 0 radical (unpaired) electrons. The fraction of sp³-hybridized carbons (Fsp3) is 0.188. The molecule has 25 heavy (non-hydrogen) atoms. The van der Waals surface area contributed by atoms with Gasteiger partial charge in [-0.3, -0.25) is 4.79 Å². The number of nitrogens with zero attached hydrogens (tertiary/aromatic N) is 4. The van der Waals surface area contributed by atoms with Gasteiger partial charge in [0.05, 0.1) is 11.4 Å². The molecule has 3 aromatic heterocycles. The molecule has 3 N–H and O–H groups in total. The fourth-order valence-electron chi connectivity index (χ4n) is 2.61. The Morgan fingerprint density at radius 1 is 1.24 bits per heavy atom. The Balaban J connectivity index is 1.59. The lowest BCUT2D eigenvalue weighted by Gasteiger charge is -2.05. The van der Waals surface area contributed by atoms with Crippen molar-refractivity contribution < 1.29 is 9.42 Å². The molecule has 1 aromatic carbocycles. The Morgan fingerprint density at radius 3 is 2.88 bits per heavy atom. The second-order valence-corrected chi connectivity index (χ2v) is 6.70. The predicted octanol–water partition coefficient (Wildman–Crippen LogP) is 2.36. The van der Waals surface area contributed by atoms with E-state index in [0.717, 1.165) is 22.2 Å². The van der Waals surface area contributed by atoms with Crippen molar-refractivity contribution in [1.82, 2.24) is 25.8 Å². The van der Waals surface area contributed by atoms with Crippen LogP contribution in [0.2, 0.25) is 0 Å². The summed E-state index contributed by atoms with van der Waals surface area (Å²) in [7, 11) is 0. The van der Waals surface area contributed by atoms with Crippen LogP contribution < -0.4 is 11.1 Å². The fourth-order valence-corrected chi connectivity index (χ4v) is 3.63. The van der Waals surface area contributed by atoms with E-state index in [9.17, 15) is 4.79 Å². The molecular weight excluding hydrogens is 340 g/mol. The number of benzene rings is 1. The van der Waals surface area contributed by atoms with Crippen LogP contribution in [0.5, 0.6) is 0 Å². The van der Waals surface area contributed by atoms with Crippen LogP contribution in [0, 0.1) is 13.8 Å². The highest BCUT2D eigenvalue weighted by Gasteiger charge is 2.19. The highest BCUT2D eigenvalue weighted by atomic mass is 32.1. The molecule has 0 spiro atoms. The van der Waals surface area contributed by atoms with Crippen LogP contribution in [0.4, 0.5) is 5.69 Å². The molecule has 0 bridgehead atoms. The van der Waals surface area contributed by atoms with Crippen molar-refractivity contribution in [2.45, 2.75) is 20.4 Å². The highest BCUT2D eigenvalue weighted by Crippen LogP contribution is 2.34. The summed E-state index contributed by atoms with van der Waals surface area (Å²) in [4.78, 5) is 13.7. The zero-order valence-corrected chi connectivity index (χ0v) is 14.3. The Kier molecular flexibility index (Phi) is 3.57. The number of nitrogens with one attached hydrogen (secondary N) is 1. The molecule has 0 unspecified atom stereocenters. The van der Waals surface area contributed by atoms with Crippen molar-refractivity contribution in [2.75, 3.05) is 5.73 Å². The number of nitrogen functional groups attached to an aromatic ring is 1. The molecule has 0 aliphatic rings. The number of hydrogen-bond acceptors (Lipinski definition) is 8. The standard InChI is InChI=1S/C16H14N6O2S/c1-7-8(2)19-20-16-12(7)13(17)14(25-16)15(23)18-6-9-3-4-10-11(5-9)22-24-21-10/h3-5H,6,17H2,1-2H3,(H,18,23). The largest absolute Gasteiger partial charge is 0.397 e. The number of anilines is 1. The summed E-state index contributed by atoms with van der Waals surface area (Å²) in [5.74, 6) is -0.240. The molecular formula is C16H14N6O2S. The molecule has 4 aromatic rings. The van der Waals surface area contributed by atoms with Gasteiger partial charge >= 0.3 is 0 Å². The first-order valence-corrected chi connectivity index (χ1v) is 8.37. The number of aromatic nitrogens is 4. The number of carbonyl (C=O) groups excluding carboxylic acids is 1. The van der Waals surface area contributed by atoms with E-state index < -0.39 is 0 Å². The summed E-state index contributed by atoms with van der Waals surface area (Å²) in [6, 6.07) is 5.47. The van der Waals surface area contributed by atoms with E-state index in [1.807, 2.05) is 26.0 Å². The van der Waals surface area contributed by atoms with E-state index in [4.69, 9.17) is 5.73 Å². The van der Waals surface area contributed by atoms with Crippen molar-refractivity contribution in [3.8, 4) is 0 Å². The Morgan fingerprint density at radius 2 is 2.04 bits per heavy atom. The van der Waals surface area contributed by atoms with Crippen molar-refractivity contribution in [2.24, 2.45) is 0 Å². The Labute approximate surface area is 146 Å². The van der Waals surface area contributed by atoms with Crippen molar-refractivity contribution in [3.63, 3.8) is 0 Å². The van der Waals surface area contributed by atoms with Gasteiger partial charge in [0.2, 0.25) is 0 Å². The predicted molar refractivity (Wildman–Crippen MR) is 94.3 cm³/mol. The Hall–Kier alpha value is -3.07. The zero-order chi connectivity index (χ0) is 17.6. The van der Waals surface area contributed by atoms with E-state index in [2.05, 4.69) is 30.5 Å². The molecule has 4 rings (SSSR count). The monoisotopic (exact) mass is 354 g/mol. The van der Waals surface area contributed by atoms with Gasteiger partial charge in [0.1, 0.15) is 20.7 Å². The van der Waals surface area contributed by atoms with Crippen LogP contribution in [-0.4, -0.2) is 26.4 Å². The van der Waals surface area contributed by atoms with E-state index in [0.29, 0.717) is 33.0 Å². The summed E-state index contributed by atoms with van der Waals surface area (Å²) < 4.78 is 4.67. The minimum absolute atomic E-state index is 0.240. The van der Waals surface area contributed by atoms with Crippen LogP contribution in [0.3, 0.4) is 0 Å². The number of aryl methyl sites for hydroxylation is 2. The van der Waals surface area contributed by atoms with Crippen LogP contribution in [-0.2, 0) is 6.54 Å². The Bertz CT molecular complexity index is 1120. The number of nitrogens with two attached hydrogens (primary N) is 1. The van der Waals surface area contributed by atoms with Crippen LogP contribution >= 0.6 is 11.3 Å². The van der Waals surface area contributed by atoms with Crippen molar-refractivity contribution >= 4 is 44.2 Å². The third-order valence-corrected chi connectivity index (χ3v) is 5.20. The number of thiophene rings is 1. The van der Waals surface area contributed by atoms with Gasteiger partial charge in [0.25, 0.3) is 5.91 Å². The smallest absolute Gasteiger partial charge is 0.263 e. The maximum absolute atomic E-state index is 12.5. The first-order chi connectivity index (χ1) is 12.0. The number of amides is 1. The molecule has 0 aliphatic carbocycles. The minimum Gasteiger partial charge on any atom is -0.397 e. The lowest BCUT2D eigenvalue weighted by atomic mass is 10.1. The lowest BCUT2D eigenvalue weighted by Crippen LogP contribution is -2.22. The summed E-state index contributed by atoms with van der Waals surface area (Å²) in [6.45, 7) is 4.14. The second kappa shape index (κ2) is 5.78. The quantitative estimate of drug-likeness (QED) is 0.579. The van der Waals surface area contributed by atoms with Gasteiger partial charge < -0.3 is 11.1 Å². The van der Waals surface area contributed by atoms with Gasteiger partial charge in [-0.05, 0) is 47.4 Å². The average Bonchev–Trinajstić information content (AvgIpc) is 3.20. The SMILES string of the molecule is Cc1nnc2sc(C(=O)NCc3ccc4nonc4c3)c(N)c2c1C. The molecule has 126 valence electrons. The lowest BCUT2D eigenvalue weighted by molar-refractivity contribution is 0.0956. The number of rotatable bonds is 3. The number of fused-ring (bicyclic) bond motifs is 2. The summed E-state index contributed by atoms with van der Waals surface area (Å²) in [6.07, 6.45) is 0. The third-order valence-electron chi connectivity index (χ3n) is 4.11. The van der Waals surface area contributed by atoms with E-state index in [-0.39, 0.29) is 5.91 Å². The zero-order valence-electron chi connectivity index (χ0n) is 13.5. The molecule has 8 nitrogen and oxygen atoms in total. The van der Waals surface area contributed by atoms with Crippen molar-refractivity contribution in [3.05, 3.63) is 39.9 Å². The summed E-state index contributed by atoms with van der Waals surface area (Å²) in [5, 5.41) is 19.4. The molecule has 1 amide bonds.